The Balaban J connectivity index is 1.89. The minimum atomic E-state index is -0.179. The Morgan fingerprint density at radius 2 is 1.76 bits per heavy atom. The summed E-state index contributed by atoms with van der Waals surface area (Å²) < 4.78 is 5.44. The van der Waals surface area contributed by atoms with Gasteiger partial charge in [-0.25, -0.2) is 0 Å². The van der Waals surface area contributed by atoms with Crippen LogP contribution in [0.15, 0.2) is 42.5 Å². The van der Waals surface area contributed by atoms with Crippen molar-refractivity contribution in [3.8, 4) is 5.75 Å². The molecule has 0 aliphatic carbocycles. The van der Waals surface area contributed by atoms with Crippen LogP contribution in [0.5, 0.6) is 5.75 Å². The molecule has 2 rings (SSSR count). The van der Waals surface area contributed by atoms with Gasteiger partial charge < -0.3 is 15.0 Å². The van der Waals surface area contributed by atoms with Crippen molar-refractivity contribution < 1.29 is 14.3 Å². The molecule has 0 aliphatic rings. The highest BCUT2D eigenvalue weighted by atomic mass is 35.5. The number of carbonyl (C=O) groups is 2. The average molecular weight is 381 g/mol. The number of halogens is 2. The Hall–Kier alpha value is -2.24. The lowest BCUT2D eigenvalue weighted by Gasteiger charge is -2.18. The van der Waals surface area contributed by atoms with Crippen molar-refractivity contribution in [2.75, 3.05) is 20.7 Å². The van der Waals surface area contributed by atoms with Gasteiger partial charge in [-0.15, -0.1) is 0 Å². The van der Waals surface area contributed by atoms with Crippen LogP contribution in [0.4, 0.5) is 0 Å². The first-order valence-corrected chi connectivity index (χ1v) is 8.29. The van der Waals surface area contributed by atoms with Gasteiger partial charge in [-0.2, -0.15) is 0 Å². The summed E-state index contributed by atoms with van der Waals surface area (Å²) in [5.41, 5.74) is 1.49. The normalized spacial score (nSPS) is 10.2. The van der Waals surface area contributed by atoms with E-state index in [-0.39, 0.29) is 18.4 Å². The highest BCUT2D eigenvalue weighted by Crippen LogP contribution is 2.26. The molecule has 0 radical (unpaired) electrons. The van der Waals surface area contributed by atoms with Gasteiger partial charge in [-0.05, 0) is 29.8 Å². The fraction of sp³-hybridized carbons (Fsp3) is 0.222. The first-order valence-electron chi connectivity index (χ1n) is 7.53. The second-order valence-corrected chi connectivity index (χ2v) is 6.20. The van der Waals surface area contributed by atoms with Crippen LogP contribution in [0.2, 0.25) is 10.0 Å². The quantitative estimate of drug-likeness (QED) is 0.835. The van der Waals surface area contributed by atoms with Crippen LogP contribution >= 0.6 is 23.2 Å². The number of likely N-dealkylation sites (N-methyl/N-ethyl adjacent to an activating group) is 1. The SMILES string of the molecule is CNC(=O)c1ccc(CN(C)C(=O)COc2ccc(Cl)c(Cl)c2)cc1. The number of benzene rings is 2. The molecule has 7 heteroatoms. The van der Waals surface area contributed by atoms with Crippen LogP contribution in [-0.4, -0.2) is 37.4 Å². The standard InChI is InChI=1S/C18H18Cl2N2O3/c1-21-18(24)13-5-3-12(4-6-13)10-22(2)17(23)11-25-14-7-8-15(19)16(20)9-14/h3-9H,10-11H2,1-2H3,(H,21,24). The van der Waals surface area contributed by atoms with Gasteiger partial charge in [0.1, 0.15) is 5.75 Å². The van der Waals surface area contributed by atoms with E-state index in [2.05, 4.69) is 5.32 Å². The van der Waals surface area contributed by atoms with Crippen LogP contribution in [0.1, 0.15) is 15.9 Å². The summed E-state index contributed by atoms with van der Waals surface area (Å²) in [6, 6.07) is 11.9. The molecule has 2 aromatic rings. The maximum atomic E-state index is 12.2. The summed E-state index contributed by atoms with van der Waals surface area (Å²) in [5, 5.41) is 3.36. The van der Waals surface area contributed by atoms with Crippen LogP contribution in [0.3, 0.4) is 0 Å². The van der Waals surface area contributed by atoms with Crippen molar-refractivity contribution in [2.24, 2.45) is 0 Å². The smallest absolute Gasteiger partial charge is 0.260 e. The van der Waals surface area contributed by atoms with Gasteiger partial charge in [-0.3, -0.25) is 9.59 Å². The summed E-state index contributed by atoms with van der Waals surface area (Å²) in [7, 11) is 3.27. The Kier molecular flexibility index (Phi) is 6.67. The molecule has 0 fully saturated rings. The Bertz CT molecular complexity index is 763. The van der Waals surface area contributed by atoms with Crippen LogP contribution in [0.25, 0.3) is 0 Å². The highest BCUT2D eigenvalue weighted by Gasteiger charge is 2.11. The molecule has 2 amide bonds. The first kappa shape index (κ1) is 19.1. The van der Waals surface area contributed by atoms with Crippen molar-refractivity contribution in [2.45, 2.75) is 6.54 Å². The zero-order valence-corrected chi connectivity index (χ0v) is 15.4. The first-order chi connectivity index (χ1) is 11.9. The Morgan fingerprint density at radius 1 is 1.08 bits per heavy atom. The van der Waals surface area contributed by atoms with Crippen molar-refractivity contribution in [3.05, 3.63) is 63.6 Å². The third-order valence-corrected chi connectivity index (χ3v) is 4.28. The monoisotopic (exact) mass is 380 g/mol. The number of rotatable bonds is 6. The zero-order chi connectivity index (χ0) is 18.4. The van der Waals surface area contributed by atoms with E-state index in [1.807, 2.05) is 12.1 Å². The molecule has 0 saturated heterocycles. The van der Waals surface area contributed by atoms with Crippen LogP contribution < -0.4 is 10.1 Å². The van der Waals surface area contributed by atoms with E-state index in [9.17, 15) is 9.59 Å². The van der Waals surface area contributed by atoms with Gasteiger partial charge in [0.25, 0.3) is 11.8 Å². The van der Waals surface area contributed by atoms with Crippen LogP contribution in [0, 0.1) is 0 Å². The number of hydrogen-bond acceptors (Lipinski definition) is 3. The highest BCUT2D eigenvalue weighted by molar-refractivity contribution is 6.42. The van der Waals surface area contributed by atoms with E-state index < -0.39 is 0 Å². The van der Waals surface area contributed by atoms with E-state index in [0.29, 0.717) is 27.9 Å². The molecule has 0 aromatic heterocycles. The van der Waals surface area contributed by atoms with E-state index in [1.54, 1.807) is 49.3 Å². The maximum Gasteiger partial charge on any atom is 0.260 e. The molecule has 0 heterocycles. The number of carbonyl (C=O) groups excluding carboxylic acids is 2. The maximum absolute atomic E-state index is 12.2. The third-order valence-electron chi connectivity index (χ3n) is 3.54. The summed E-state index contributed by atoms with van der Waals surface area (Å²) >= 11 is 11.7. The average Bonchev–Trinajstić information content (AvgIpc) is 2.62. The van der Waals surface area contributed by atoms with Crippen LogP contribution in [-0.2, 0) is 11.3 Å². The zero-order valence-electron chi connectivity index (χ0n) is 13.9. The molecule has 1 N–H and O–H groups in total. The minimum Gasteiger partial charge on any atom is -0.484 e. The lowest BCUT2D eigenvalue weighted by molar-refractivity contribution is -0.132. The number of amides is 2. The van der Waals surface area contributed by atoms with Gasteiger partial charge in [0, 0.05) is 32.3 Å². The number of ether oxygens (including phenoxy) is 1. The number of nitrogens with zero attached hydrogens (tertiary/aromatic N) is 1. The predicted octanol–water partition coefficient (Wildman–Crippen LogP) is 3.39. The Labute approximate surface area is 156 Å². The summed E-state index contributed by atoms with van der Waals surface area (Å²) in [6.07, 6.45) is 0. The molecular weight excluding hydrogens is 363 g/mol. The van der Waals surface area contributed by atoms with E-state index in [1.165, 1.54) is 0 Å². The summed E-state index contributed by atoms with van der Waals surface area (Å²) in [6.45, 7) is 0.308. The van der Waals surface area contributed by atoms with E-state index in [4.69, 9.17) is 27.9 Å². The topological polar surface area (TPSA) is 58.6 Å². The molecule has 0 saturated carbocycles. The molecule has 2 aromatic carbocycles. The van der Waals surface area contributed by atoms with Gasteiger partial charge in [-0.1, -0.05) is 35.3 Å². The molecule has 25 heavy (non-hydrogen) atoms. The molecule has 132 valence electrons. The number of nitrogens with one attached hydrogen (secondary N) is 1. The number of hydrogen-bond donors (Lipinski definition) is 1. The van der Waals surface area contributed by atoms with Gasteiger partial charge in [0.15, 0.2) is 6.61 Å². The minimum absolute atomic E-state index is 0.106. The molecule has 5 nitrogen and oxygen atoms in total. The molecule has 0 spiro atoms. The van der Waals surface area contributed by atoms with Gasteiger partial charge in [0.05, 0.1) is 10.0 Å². The lowest BCUT2D eigenvalue weighted by atomic mass is 10.1. The van der Waals surface area contributed by atoms with E-state index in [0.717, 1.165) is 5.56 Å². The molecular formula is C18H18Cl2N2O3. The second-order valence-electron chi connectivity index (χ2n) is 5.39. The van der Waals surface area contributed by atoms with Crippen molar-refractivity contribution in [1.29, 1.82) is 0 Å². The second kappa shape index (κ2) is 8.74. The van der Waals surface area contributed by atoms with Crippen molar-refractivity contribution in [1.82, 2.24) is 10.2 Å². The van der Waals surface area contributed by atoms with Gasteiger partial charge >= 0.3 is 0 Å². The van der Waals surface area contributed by atoms with Crippen molar-refractivity contribution >= 4 is 35.0 Å². The third kappa shape index (κ3) is 5.37. The van der Waals surface area contributed by atoms with Crippen molar-refractivity contribution in [3.63, 3.8) is 0 Å². The fourth-order valence-electron chi connectivity index (χ4n) is 2.09. The summed E-state index contributed by atoms with van der Waals surface area (Å²) in [5.74, 6) is 0.151. The largest absolute Gasteiger partial charge is 0.484 e. The molecule has 0 aliphatic heterocycles. The Morgan fingerprint density at radius 3 is 2.36 bits per heavy atom. The fourth-order valence-corrected chi connectivity index (χ4v) is 2.38. The van der Waals surface area contributed by atoms with Gasteiger partial charge in [0.2, 0.25) is 0 Å². The lowest BCUT2D eigenvalue weighted by Crippen LogP contribution is -2.31. The molecule has 0 atom stereocenters. The summed E-state index contributed by atoms with van der Waals surface area (Å²) in [4.78, 5) is 25.2. The molecule has 0 bridgehead atoms. The van der Waals surface area contributed by atoms with E-state index >= 15 is 0 Å². The molecule has 0 unspecified atom stereocenters. The predicted molar refractivity (Wildman–Crippen MR) is 98.3 cm³/mol.